The van der Waals surface area contributed by atoms with Crippen molar-refractivity contribution < 1.29 is 33.3 Å². The summed E-state index contributed by atoms with van der Waals surface area (Å²) in [5, 5.41) is 0. The van der Waals surface area contributed by atoms with Crippen molar-refractivity contribution in [1.29, 1.82) is 0 Å². The normalized spacial score (nSPS) is 21.0. The molecule has 0 spiro atoms. The van der Waals surface area contributed by atoms with Gasteiger partial charge in [-0.2, -0.15) is 0 Å². The van der Waals surface area contributed by atoms with E-state index in [2.05, 4.69) is 6.58 Å². The highest BCUT2D eigenvalue weighted by molar-refractivity contribution is 5.87. The predicted octanol–water partition coefficient (Wildman–Crippen LogP) is 3.86. The van der Waals surface area contributed by atoms with Gasteiger partial charge < -0.3 is 18.9 Å². The molecule has 1 saturated carbocycles. The van der Waals surface area contributed by atoms with Gasteiger partial charge in [-0.05, 0) is 56.4 Å². The Kier molecular flexibility index (Phi) is 8.21. The summed E-state index contributed by atoms with van der Waals surface area (Å²) < 4.78 is 20.9. The van der Waals surface area contributed by atoms with Crippen LogP contribution in [0, 0.1) is 5.41 Å². The Morgan fingerprint density at radius 1 is 1.20 bits per heavy atom. The molecule has 0 radical (unpaired) electrons. The van der Waals surface area contributed by atoms with E-state index < -0.39 is 17.4 Å². The lowest BCUT2D eigenvalue weighted by molar-refractivity contribution is -0.158. The fourth-order valence-corrected chi connectivity index (χ4v) is 3.25. The predicted molar refractivity (Wildman–Crippen MR) is 111 cm³/mol. The molecule has 1 aromatic rings. The van der Waals surface area contributed by atoms with Crippen LogP contribution in [0.2, 0.25) is 0 Å². The summed E-state index contributed by atoms with van der Waals surface area (Å²) in [6.07, 6.45) is 6.64. The van der Waals surface area contributed by atoms with Crippen LogP contribution in [0.1, 0.15) is 45.1 Å². The molecule has 7 heteroatoms. The van der Waals surface area contributed by atoms with Gasteiger partial charge in [0.15, 0.2) is 11.5 Å². The summed E-state index contributed by atoms with van der Waals surface area (Å²) >= 11 is 0. The van der Waals surface area contributed by atoms with Crippen LogP contribution >= 0.6 is 0 Å². The van der Waals surface area contributed by atoms with E-state index in [1.807, 2.05) is 6.92 Å². The molecule has 0 amide bonds. The maximum Gasteiger partial charge on any atom is 0.331 e. The average molecular weight is 416 g/mol. The molecule has 2 rings (SSSR count). The summed E-state index contributed by atoms with van der Waals surface area (Å²) in [6.45, 7) is 6.93. The van der Waals surface area contributed by atoms with Gasteiger partial charge in [0.1, 0.15) is 12.7 Å². The van der Waals surface area contributed by atoms with Crippen LogP contribution in [-0.4, -0.2) is 37.7 Å². The van der Waals surface area contributed by atoms with Gasteiger partial charge in [0.25, 0.3) is 0 Å². The molecule has 162 valence electrons. The first-order valence-electron chi connectivity index (χ1n) is 9.80. The minimum absolute atomic E-state index is 0.199. The van der Waals surface area contributed by atoms with Crippen molar-refractivity contribution in [2.75, 3.05) is 13.7 Å². The Morgan fingerprint density at radius 3 is 2.50 bits per heavy atom. The number of hydrogen-bond donors (Lipinski definition) is 0. The Hall–Kier alpha value is -3.09. The molecule has 1 aliphatic carbocycles. The van der Waals surface area contributed by atoms with Crippen LogP contribution in [0.15, 0.2) is 36.9 Å². The van der Waals surface area contributed by atoms with Crippen molar-refractivity contribution in [3.63, 3.8) is 0 Å². The third-order valence-electron chi connectivity index (χ3n) is 5.00. The van der Waals surface area contributed by atoms with E-state index in [9.17, 15) is 14.4 Å². The first kappa shape index (κ1) is 23.2. The fourth-order valence-electron chi connectivity index (χ4n) is 3.25. The number of hydrogen-bond acceptors (Lipinski definition) is 7. The third-order valence-corrected chi connectivity index (χ3v) is 5.00. The van der Waals surface area contributed by atoms with E-state index in [1.54, 1.807) is 30.4 Å². The number of benzene rings is 1. The molecule has 0 heterocycles. The van der Waals surface area contributed by atoms with E-state index >= 15 is 0 Å². The second-order valence-electron chi connectivity index (χ2n) is 7.42. The van der Waals surface area contributed by atoms with Gasteiger partial charge in [0.2, 0.25) is 0 Å². The molecule has 0 saturated heterocycles. The Labute approximate surface area is 176 Å². The van der Waals surface area contributed by atoms with Gasteiger partial charge >= 0.3 is 17.9 Å². The highest BCUT2D eigenvalue weighted by atomic mass is 16.6. The topological polar surface area (TPSA) is 88.1 Å². The van der Waals surface area contributed by atoms with Crippen molar-refractivity contribution >= 4 is 24.0 Å². The van der Waals surface area contributed by atoms with E-state index in [-0.39, 0.29) is 18.7 Å². The molecule has 0 unspecified atom stereocenters. The quantitative estimate of drug-likeness (QED) is 0.275. The van der Waals surface area contributed by atoms with Crippen LogP contribution in [-0.2, 0) is 23.9 Å². The number of carbonyl (C=O) groups is 3. The Bertz CT molecular complexity index is 817. The molecule has 1 fully saturated rings. The number of rotatable bonds is 8. The van der Waals surface area contributed by atoms with Gasteiger partial charge in [0.05, 0.1) is 12.5 Å². The molecule has 1 aromatic carbocycles. The Balaban J connectivity index is 1.89. The van der Waals surface area contributed by atoms with Crippen molar-refractivity contribution in [2.24, 2.45) is 5.41 Å². The summed E-state index contributed by atoms with van der Waals surface area (Å²) in [5.74, 6) is -0.450. The zero-order valence-corrected chi connectivity index (χ0v) is 17.6. The van der Waals surface area contributed by atoms with Crippen molar-refractivity contribution in [2.45, 2.75) is 45.6 Å². The molecule has 0 atom stereocenters. The van der Waals surface area contributed by atoms with Crippen molar-refractivity contribution in [1.82, 2.24) is 0 Å². The second kappa shape index (κ2) is 10.6. The lowest BCUT2D eigenvalue weighted by Crippen LogP contribution is -2.37. The van der Waals surface area contributed by atoms with E-state index in [0.717, 1.165) is 0 Å². The molecule has 0 aromatic heterocycles. The Morgan fingerprint density at radius 2 is 1.90 bits per heavy atom. The van der Waals surface area contributed by atoms with Crippen LogP contribution in [0.25, 0.3) is 6.08 Å². The summed E-state index contributed by atoms with van der Waals surface area (Å²) in [7, 11) is 1.47. The third kappa shape index (κ3) is 6.47. The zero-order valence-electron chi connectivity index (χ0n) is 17.6. The highest BCUT2D eigenvalue weighted by Gasteiger charge is 2.39. The van der Waals surface area contributed by atoms with Crippen LogP contribution in [0.4, 0.5) is 0 Å². The molecular formula is C23H28O7. The number of esters is 3. The van der Waals surface area contributed by atoms with Crippen LogP contribution in [0.5, 0.6) is 11.5 Å². The first-order chi connectivity index (χ1) is 14.3. The number of ether oxygens (including phenoxy) is 4. The van der Waals surface area contributed by atoms with Crippen molar-refractivity contribution in [3.8, 4) is 11.5 Å². The van der Waals surface area contributed by atoms with E-state index in [4.69, 9.17) is 18.9 Å². The zero-order chi connectivity index (χ0) is 22.1. The first-order valence-corrected chi connectivity index (χ1v) is 9.80. The lowest BCUT2D eigenvalue weighted by atomic mass is 9.74. The molecule has 0 aliphatic heterocycles. The summed E-state index contributed by atoms with van der Waals surface area (Å²) in [5.41, 5.74) is 0.142. The molecule has 0 bridgehead atoms. The molecule has 30 heavy (non-hydrogen) atoms. The monoisotopic (exact) mass is 416 g/mol. The van der Waals surface area contributed by atoms with Gasteiger partial charge in [-0.15, -0.1) is 0 Å². The molecular weight excluding hydrogens is 388 g/mol. The van der Waals surface area contributed by atoms with Crippen molar-refractivity contribution in [3.05, 3.63) is 42.5 Å². The SMILES string of the molecule is C=CCOC(=O)[C@]1(C)CC[C@H](OC(=O)/C=C/c2ccc(OC(C)=O)c(OC)c2)CC1. The van der Waals surface area contributed by atoms with Gasteiger partial charge in [-0.1, -0.05) is 18.7 Å². The van der Waals surface area contributed by atoms with Crippen LogP contribution in [0.3, 0.4) is 0 Å². The maximum atomic E-state index is 12.2. The minimum atomic E-state index is -0.554. The smallest absolute Gasteiger partial charge is 0.331 e. The molecule has 7 nitrogen and oxygen atoms in total. The van der Waals surface area contributed by atoms with Crippen LogP contribution < -0.4 is 9.47 Å². The van der Waals surface area contributed by atoms with E-state index in [0.29, 0.717) is 42.7 Å². The summed E-state index contributed by atoms with van der Waals surface area (Å²) in [4.78, 5) is 35.5. The highest BCUT2D eigenvalue weighted by Crippen LogP contribution is 2.38. The maximum absolute atomic E-state index is 12.2. The largest absolute Gasteiger partial charge is 0.493 e. The van der Waals surface area contributed by atoms with Gasteiger partial charge in [-0.3, -0.25) is 9.59 Å². The fraction of sp³-hybridized carbons (Fsp3) is 0.435. The minimum Gasteiger partial charge on any atom is -0.493 e. The van der Waals surface area contributed by atoms with E-state index in [1.165, 1.54) is 20.1 Å². The standard InChI is InChI=1S/C23H28O7/c1-5-14-28-22(26)23(3)12-10-18(11-13-23)30-21(25)9-7-17-6-8-19(29-16(2)24)20(15-17)27-4/h5-9,15,18H,1,10-14H2,2-4H3/b9-7+/t18-,23+. The van der Waals surface area contributed by atoms with Gasteiger partial charge in [-0.25, -0.2) is 4.79 Å². The van der Waals surface area contributed by atoms with Gasteiger partial charge in [0, 0.05) is 13.0 Å². The second-order valence-corrected chi connectivity index (χ2v) is 7.42. The average Bonchev–Trinajstić information content (AvgIpc) is 2.72. The molecule has 0 N–H and O–H groups in total. The lowest BCUT2D eigenvalue weighted by Gasteiger charge is -2.34. The molecule has 1 aliphatic rings. The number of methoxy groups -OCH3 is 1. The number of carbonyl (C=O) groups excluding carboxylic acids is 3. The summed E-state index contributed by atoms with van der Waals surface area (Å²) in [6, 6.07) is 4.95.